The Hall–Kier alpha value is -0.0900. The Balaban J connectivity index is 2.56. The maximum Gasteiger partial charge on any atom is 0.151 e. The predicted molar refractivity (Wildman–Crippen MR) is 49.9 cm³/mol. The van der Waals surface area contributed by atoms with Crippen LogP contribution in [0.2, 0.25) is 0 Å². The van der Waals surface area contributed by atoms with Crippen molar-refractivity contribution < 1.29 is 8.42 Å². The van der Waals surface area contributed by atoms with Crippen LogP contribution in [0.15, 0.2) is 0 Å². The van der Waals surface area contributed by atoms with Gasteiger partial charge in [-0.05, 0) is 12.3 Å². The minimum absolute atomic E-state index is 0.302. The molecular weight excluding hydrogens is 174 g/mol. The third kappa shape index (κ3) is 2.75. The minimum atomic E-state index is -2.75. The fourth-order valence-electron chi connectivity index (χ4n) is 1.48. The summed E-state index contributed by atoms with van der Waals surface area (Å²) in [5.74, 6) is 1.18. The van der Waals surface area contributed by atoms with Crippen LogP contribution < -0.4 is 5.32 Å². The first-order valence-electron chi connectivity index (χ1n) is 4.45. The second kappa shape index (κ2) is 3.75. The van der Waals surface area contributed by atoms with Crippen LogP contribution in [0.5, 0.6) is 0 Å². The van der Waals surface area contributed by atoms with E-state index in [1.807, 2.05) is 0 Å². The number of hydrogen-bond donors (Lipinski definition) is 1. The third-order valence-corrected chi connectivity index (χ3v) is 4.05. The summed E-state index contributed by atoms with van der Waals surface area (Å²) in [5, 5.41) is 3.26. The van der Waals surface area contributed by atoms with Gasteiger partial charge in [-0.15, -0.1) is 0 Å². The zero-order chi connectivity index (χ0) is 9.19. The first-order valence-corrected chi connectivity index (χ1v) is 6.27. The molecule has 72 valence electrons. The molecule has 0 amide bonds. The molecule has 1 atom stereocenters. The summed E-state index contributed by atoms with van der Waals surface area (Å²) in [6.45, 7) is 4.86. The summed E-state index contributed by atoms with van der Waals surface area (Å²) >= 11 is 0. The summed E-state index contributed by atoms with van der Waals surface area (Å²) in [5.41, 5.74) is 0. The molecule has 1 aliphatic rings. The molecule has 1 saturated heterocycles. The Kier molecular flexibility index (Phi) is 3.12. The van der Waals surface area contributed by atoms with Gasteiger partial charge in [-0.1, -0.05) is 13.8 Å². The van der Waals surface area contributed by atoms with Crippen LogP contribution in [-0.2, 0) is 9.84 Å². The van der Waals surface area contributed by atoms with Crippen LogP contribution in [0.4, 0.5) is 0 Å². The first kappa shape index (κ1) is 9.99. The van der Waals surface area contributed by atoms with Gasteiger partial charge in [0.1, 0.15) is 0 Å². The van der Waals surface area contributed by atoms with Gasteiger partial charge in [0.2, 0.25) is 0 Å². The van der Waals surface area contributed by atoms with Crippen molar-refractivity contribution in [1.82, 2.24) is 5.32 Å². The Morgan fingerprint density at radius 2 is 2.00 bits per heavy atom. The van der Waals surface area contributed by atoms with E-state index >= 15 is 0 Å². The smallest absolute Gasteiger partial charge is 0.151 e. The monoisotopic (exact) mass is 191 g/mol. The molecule has 0 bridgehead atoms. The molecule has 1 rings (SSSR count). The summed E-state index contributed by atoms with van der Waals surface area (Å²) in [4.78, 5) is 0. The molecule has 0 aliphatic carbocycles. The molecule has 0 radical (unpaired) electrons. The van der Waals surface area contributed by atoms with E-state index in [-0.39, 0.29) is 0 Å². The van der Waals surface area contributed by atoms with Crippen LogP contribution in [0.3, 0.4) is 0 Å². The van der Waals surface area contributed by atoms with E-state index in [0.717, 1.165) is 6.42 Å². The van der Waals surface area contributed by atoms with Gasteiger partial charge in [-0.2, -0.15) is 0 Å². The van der Waals surface area contributed by atoms with Gasteiger partial charge in [0.15, 0.2) is 9.84 Å². The van der Waals surface area contributed by atoms with Crippen molar-refractivity contribution in [2.75, 3.05) is 18.1 Å². The highest BCUT2D eigenvalue weighted by Crippen LogP contribution is 2.10. The Bertz CT molecular complexity index is 233. The molecule has 1 aliphatic heterocycles. The summed E-state index contributed by atoms with van der Waals surface area (Å²) in [7, 11) is -2.75. The van der Waals surface area contributed by atoms with Crippen LogP contribution in [0.1, 0.15) is 20.3 Å². The minimum Gasteiger partial charge on any atom is -0.313 e. The molecule has 4 heteroatoms. The normalized spacial score (nSPS) is 30.1. The first-order chi connectivity index (χ1) is 5.51. The Morgan fingerprint density at radius 1 is 1.33 bits per heavy atom. The van der Waals surface area contributed by atoms with Gasteiger partial charge in [-0.3, -0.25) is 0 Å². The highest BCUT2D eigenvalue weighted by molar-refractivity contribution is 7.91. The van der Waals surface area contributed by atoms with Crippen molar-refractivity contribution in [3.8, 4) is 0 Å². The molecule has 0 aromatic carbocycles. The van der Waals surface area contributed by atoms with Crippen LogP contribution in [-0.4, -0.2) is 32.5 Å². The molecule has 1 heterocycles. The largest absolute Gasteiger partial charge is 0.313 e. The molecule has 0 aromatic rings. The average Bonchev–Trinajstić information content (AvgIpc) is 2.10. The van der Waals surface area contributed by atoms with Crippen LogP contribution in [0.25, 0.3) is 0 Å². The predicted octanol–water partition coefficient (Wildman–Crippen LogP) is 0.419. The van der Waals surface area contributed by atoms with Gasteiger partial charge in [0.25, 0.3) is 0 Å². The number of sulfone groups is 1. The van der Waals surface area contributed by atoms with Crippen molar-refractivity contribution in [1.29, 1.82) is 0 Å². The van der Waals surface area contributed by atoms with Crippen molar-refractivity contribution in [3.05, 3.63) is 0 Å². The van der Waals surface area contributed by atoms with Crippen LogP contribution in [0, 0.1) is 5.92 Å². The Labute approximate surface area is 74.5 Å². The maximum absolute atomic E-state index is 11.2. The molecule has 0 spiro atoms. The lowest BCUT2D eigenvalue weighted by Gasteiger charge is -2.18. The van der Waals surface area contributed by atoms with E-state index in [2.05, 4.69) is 19.2 Å². The Morgan fingerprint density at radius 3 is 2.58 bits per heavy atom. The van der Waals surface area contributed by atoms with E-state index in [0.29, 0.717) is 30.0 Å². The van der Waals surface area contributed by atoms with Crippen LogP contribution >= 0.6 is 0 Å². The molecule has 1 N–H and O–H groups in total. The van der Waals surface area contributed by atoms with E-state index in [1.165, 1.54) is 0 Å². The lowest BCUT2D eigenvalue weighted by atomic mass is 10.0. The van der Waals surface area contributed by atoms with Gasteiger partial charge in [-0.25, -0.2) is 8.42 Å². The summed E-state index contributed by atoms with van der Waals surface area (Å²) in [6, 6.07) is 0.377. The lowest BCUT2D eigenvalue weighted by Crippen LogP contribution is -2.33. The third-order valence-electron chi connectivity index (χ3n) is 2.36. The van der Waals surface area contributed by atoms with E-state index in [4.69, 9.17) is 0 Å². The number of hydrogen-bond acceptors (Lipinski definition) is 3. The summed E-state index contributed by atoms with van der Waals surface area (Å²) in [6.07, 6.45) is 0.764. The van der Waals surface area contributed by atoms with Gasteiger partial charge in [0.05, 0.1) is 11.5 Å². The van der Waals surface area contributed by atoms with Crippen molar-refractivity contribution >= 4 is 9.84 Å². The lowest BCUT2D eigenvalue weighted by molar-refractivity contribution is 0.404. The molecular formula is C8H17NO2S. The second-order valence-corrected chi connectivity index (χ2v) is 6.05. The molecule has 12 heavy (non-hydrogen) atoms. The highest BCUT2D eigenvalue weighted by atomic mass is 32.2. The van der Waals surface area contributed by atoms with E-state index < -0.39 is 9.84 Å². The number of nitrogens with one attached hydrogen (secondary N) is 1. The van der Waals surface area contributed by atoms with E-state index in [9.17, 15) is 8.42 Å². The average molecular weight is 191 g/mol. The van der Waals surface area contributed by atoms with E-state index in [1.54, 1.807) is 0 Å². The molecule has 1 fully saturated rings. The zero-order valence-corrected chi connectivity index (χ0v) is 8.52. The van der Waals surface area contributed by atoms with Crippen molar-refractivity contribution in [2.24, 2.45) is 5.92 Å². The molecule has 3 nitrogen and oxygen atoms in total. The standard InChI is InChI=1S/C8H17NO2S/c1-7(2)8-3-5-12(10,11)6-4-9-8/h7-9H,3-6H2,1-2H3. The second-order valence-electron chi connectivity index (χ2n) is 3.75. The quantitative estimate of drug-likeness (QED) is 0.653. The fraction of sp³-hybridized carbons (Fsp3) is 1.00. The fourth-order valence-corrected chi connectivity index (χ4v) is 2.73. The molecule has 1 unspecified atom stereocenters. The highest BCUT2D eigenvalue weighted by Gasteiger charge is 2.21. The topological polar surface area (TPSA) is 46.2 Å². The number of rotatable bonds is 1. The zero-order valence-electron chi connectivity index (χ0n) is 7.71. The van der Waals surface area contributed by atoms with Crippen molar-refractivity contribution in [3.63, 3.8) is 0 Å². The summed E-state index contributed by atoms with van der Waals surface area (Å²) < 4.78 is 22.4. The van der Waals surface area contributed by atoms with Gasteiger partial charge in [0, 0.05) is 12.6 Å². The molecule has 0 saturated carbocycles. The molecule has 0 aromatic heterocycles. The van der Waals surface area contributed by atoms with Crippen molar-refractivity contribution in [2.45, 2.75) is 26.3 Å². The maximum atomic E-state index is 11.2. The van der Waals surface area contributed by atoms with Gasteiger partial charge >= 0.3 is 0 Å². The van der Waals surface area contributed by atoms with Gasteiger partial charge < -0.3 is 5.32 Å². The SMILES string of the molecule is CC(C)C1CCS(=O)(=O)CCN1.